The fraction of sp³-hybridized carbons (Fsp3) is 0.360. The van der Waals surface area contributed by atoms with Crippen LogP contribution < -0.4 is 10.3 Å². The summed E-state index contributed by atoms with van der Waals surface area (Å²) >= 11 is 3.38. The molecular formula is C25H26BrN5O6. The summed E-state index contributed by atoms with van der Waals surface area (Å²) in [5, 5.41) is 16.5. The van der Waals surface area contributed by atoms with E-state index in [1.54, 1.807) is 23.1 Å². The molecule has 0 aliphatic carbocycles. The predicted octanol–water partition coefficient (Wildman–Crippen LogP) is 3.70. The second-order valence-electron chi connectivity index (χ2n) is 8.57. The van der Waals surface area contributed by atoms with Crippen LogP contribution in [0.1, 0.15) is 37.6 Å². The Morgan fingerprint density at radius 1 is 1.30 bits per heavy atom. The van der Waals surface area contributed by atoms with Crippen molar-refractivity contribution >= 4 is 44.6 Å². The van der Waals surface area contributed by atoms with Crippen LogP contribution in [0, 0.1) is 10.1 Å². The molecule has 1 aromatic heterocycles. The Balaban J connectivity index is 1.63. The van der Waals surface area contributed by atoms with Gasteiger partial charge in [0.15, 0.2) is 12.4 Å². The average molecular weight is 572 g/mol. The molecule has 1 aliphatic heterocycles. The Kier molecular flexibility index (Phi) is 8.29. The van der Waals surface area contributed by atoms with Crippen LogP contribution in [0.25, 0.3) is 10.9 Å². The van der Waals surface area contributed by atoms with Crippen molar-refractivity contribution in [2.75, 3.05) is 32.9 Å². The number of nitro groups is 1. The lowest BCUT2D eigenvalue weighted by molar-refractivity contribution is -0.385. The second kappa shape index (κ2) is 11.6. The third-order valence-corrected chi connectivity index (χ3v) is 6.60. The SMILES string of the molecule is CC[C@@H](C)c1nc2ccc(Br)cc2c(=O)n1N=Cc1ccc(OCC(=O)N2CCOCC2)c([N+](=O)[O-])c1. The van der Waals surface area contributed by atoms with Gasteiger partial charge in [-0.1, -0.05) is 29.8 Å². The van der Waals surface area contributed by atoms with Crippen molar-refractivity contribution in [3.8, 4) is 5.75 Å². The maximum absolute atomic E-state index is 13.3. The number of morpholine rings is 1. The molecule has 4 rings (SSSR count). The maximum atomic E-state index is 13.3. The molecule has 0 bridgehead atoms. The summed E-state index contributed by atoms with van der Waals surface area (Å²) in [6.45, 7) is 5.44. The van der Waals surface area contributed by atoms with Gasteiger partial charge in [0.1, 0.15) is 5.82 Å². The zero-order valence-electron chi connectivity index (χ0n) is 20.4. The number of halogens is 1. The molecule has 1 atom stereocenters. The fourth-order valence-electron chi connectivity index (χ4n) is 3.83. The molecule has 0 radical (unpaired) electrons. The number of nitrogens with zero attached hydrogens (tertiary/aromatic N) is 5. The van der Waals surface area contributed by atoms with Crippen LogP contribution in [0.4, 0.5) is 5.69 Å². The Morgan fingerprint density at radius 2 is 2.05 bits per heavy atom. The van der Waals surface area contributed by atoms with Crippen molar-refractivity contribution in [1.82, 2.24) is 14.6 Å². The summed E-state index contributed by atoms with van der Waals surface area (Å²) in [5.74, 6) is 0.149. The largest absolute Gasteiger partial charge is 0.477 e. The molecule has 194 valence electrons. The topological polar surface area (TPSA) is 129 Å². The van der Waals surface area contributed by atoms with E-state index in [0.29, 0.717) is 48.6 Å². The minimum absolute atomic E-state index is 0.0292. The lowest BCUT2D eigenvalue weighted by atomic mass is 10.1. The molecule has 1 fully saturated rings. The number of carbonyl (C=O) groups excluding carboxylic acids is 1. The summed E-state index contributed by atoms with van der Waals surface area (Å²) < 4.78 is 12.7. The number of fused-ring (bicyclic) bond motifs is 1. The van der Waals surface area contributed by atoms with E-state index in [9.17, 15) is 19.7 Å². The van der Waals surface area contributed by atoms with Crippen molar-refractivity contribution in [1.29, 1.82) is 0 Å². The molecule has 2 aromatic carbocycles. The van der Waals surface area contributed by atoms with Gasteiger partial charge in [-0.25, -0.2) is 4.98 Å². The van der Waals surface area contributed by atoms with Gasteiger partial charge in [-0.05, 0) is 36.8 Å². The lowest BCUT2D eigenvalue weighted by Crippen LogP contribution is -2.43. The molecule has 12 heteroatoms. The van der Waals surface area contributed by atoms with E-state index in [0.717, 1.165) is 10.9 Å². The highest BCUT2D eigenvalue weighted by Crippen LogP contribution is 2.28. The molecule has 0 spiro atoms. The van der Waals surface area contributed by atoms with E-state index in [-0.39, 0.29) is 35.4 Å². The third-order valence-electron chi connectivity index (χ3n) is 6.10. The summed E-state index contributed by atoms with van der Waals surface area (Å²) in [4.78, 5) is 43.0. The molecule has 3 aromatic rings. The molecule has 1 saturated heterocycles. The molecule has 0 saturated carbocycles. The van der Waals surface area contributed by atoms with Gasteiger partial charge >= 0.3 is 5.69 Å². The number of amides is 1. The zero-order chi connectivity index (χ0) is 26.5. The van der Waals surface area contributed by atoms with E-state index in [2.05, 4.69) is 26.0 Å². The number of benzene rings is 2. The van der Waals surface area contributed by atoms with E-state index in [4.69, 9.17) is 9.47 Å². The van der Waals surface area contributed by atoms with E-state index in [1.165, 1.54) is 23.0 Å². The van der Waals surface area contributed by atoms with Crippen molar-refractivity contribution in [2.24, 2.45) is 5.10 Å². The number of rotatable bonds is 8. The minimum Gasteiger partial charge on any atom is -0.477 e. The normalized spacial score (nSPS) is 14.7. The van der Waals surface area contributed by atoms with Crippen LogP contribution in [-0.4, -0.2) is 64.5 Å². The summed E-state index contributed by atoms with van der Waals surface area (Å²) in [7, 11) is 0. The van der Waals surface area contributed by atoms with Crippen molar-refractivity contribution in [3.63, 3.8) is 0 Å². The van der Waals surface area contributed by atoms with Gasteiger partial charge < -0.3 is 14.4 Å². The van der Waals surface area contributed by atoms with Gasteiger partial charge in [0.25, 0.3) is 11.5 Å². The first-order valence-electron chi connectivity index (χ1n) is 11.8. The van der Waals surface area contributed by atoms with Gasteiger partial charge in [-0.3, -0.25) is 19.7 Å². The zero-order valence-corrected chi connectivity index (χ0v) is 22.0. The van der Waals surface area contributed by atoms with E-state index in [1.807, 2.05) is 19.9 Å². The molecule has 1 amide bonds. The number of ether oxygens (including phenoxy) is 2. The molecule has 2 heterocycles. The van der Waals surface area contributed by atoms with Crippen LogP contribution in [0.5, 0.6) is 5.75 Å². The monoisotopic (exact) mass is 571 g/mol. The quantitative estimate of drug-likeness (QED) is 0.229. The molecule has 37 heavy (non-hydrogen) atoms. The second-order valence-corrected chi connectivity index (χ2v) is 9.48. The van der Waals surface area contributed by atoms with Gasteiger partial charge in [0, 0.05) is 35.1 Å². The highest BCUT2D eigenvalue weighted by atomic mass is 79.9. The van der Waals surface area contributed by atoms with Crippen LogP contribution in [0.15, 0.2) is 50.8 Å². The number of carbonyl (C=O) groups is 1. The van der Waals surface area contributed by atoms with Gasteiger partial charge in [-0.15, -0.1) is 0 Å². The van der Waals surface area contributed by atoms with Crippen LogP contribution in [-0.2, 0) is 9.53 Å². The third kappa shape index (κ3) is 6.03. The van der Waals surface area contributed by atoms with Gasteiger partial charge in [0.2, 0.25) is 0 Å². The van der Waals surface area contributed by atoms with Crippen molar-refractivity contribution in [3.05, 3.63) is 72.7 Å². The molecular weight excluding hydrogens is 546 g/mol. The van der Waals surface area contributed by atoms with Crippen molar-refractivity contribution < 1.29 is 19.2 Å². The van der Waals surface area contributed by atoms with Crippen molar-refractivity contribution in [2.45, 2.75) is 26.2 Å². The first kappa shape index (κ1) is 26.4. The Morgan fingerprint density at radius 3 is 2.76 bits per heavy atom. The molecule has 1 aliphatic rings. The standard InChI is InChI=1S/C25H26BrN5O6/c1-3-16(2)24-28-20-6-5-18(26)13-19(20)25(33)30(24)27-14-17-4-7-22(21(12-17)31(34)35)37-15-23(32)29-8-10-36-11-9-29/h4-7,12-14,16H,3,8-11,15H2,1-2H3/t16-/m1/s1. The highest BCUT2D eigenvalue weighted by molar-refractivity contribution is 9.10. The summed E-state index contributed by atoms with van der Waals surface area (Å²) in [6, 6.07) is 9.56. The number of hydrogen-bond donors (Lipinski definition) is 0. The number of hydrogen-bond acceptors (Lipinski definition) is 8. The lowest BCUT2D eigenvalue weighted by Gasteiger charge is -2.26. The first-order valence-corrected chi connectivity index (χ1v) is 12.6. The van der Waals surface area contributed by atoms with Crippen LogP contribution in [0.2, 0.25) is 0 Å². The number of aromatic nitrogens is 2. The van der Waals surface area contributed by atoms with Gasteiger partial charge in [0.05, 0.1) is 35.3 Å². The summed E-state index contributed by atoms with van der Waals surface area (Å²) in [5.41, 5.74) is 0.302. The van der Waals surface area contributed by atoms with E-state index < -0.39 is 4.92 Å². The maximum Gasteiger partial charge on any atom is 0.311 e. The fourth-order valence-corrected chi connectivity index (χ4v) is 4.19. The molecule has 0 unspecified atom stereocenters. The van der Waals surface area contributed by atoms with E-state index >= 15 is 0 Å². The molecule has 11 nitrogen and oxygen atoms in total. The summed E-state index contributed by atoms with van der Waals surface area (Å²) in [6.07, 6.45) is 2.11. The average Bonchev–Trinajstić information content (AvgIpc) is 2.91. The Bertz CT molecular complexity index is 1420. The Labute approximate surface area is 221 Å². The van der Waals surface area contributed by atoms with Crippen LogP contribution >= 0.6 is 15.9 Å². The van der Waals surface area contributed by atoms with Gasteiger partial charge in [-0.2, -0.15) is 9.78 Å². The molecule has 0 N–H and O–H groups in total. The minimum atomic E-state index is -0.586. The Hall–Kier alpha value is -3.64. The smallest absolute Gasteiger partial charge is 0.311 e. The highest BCUT2D eigenvalue weighted by Gasteiger charge is 2.21. The predicted molar refractivity (Wildman–Crippen MR) is 141 cm³/mol. The van der Waals surface area contributed by atoms with Crippen LogP contribution in [0.3, 0.4) is 0 Å². The first-order chi connectivity index (χ1) is 17.8. The number of nitro benzene ring substituents is 1.